The molecule has 1 aromatic rings. The van der Waals surface area contributed by atoms with Crippen LogP contribution >= 0.6 is 24.0 Å². The number of likely N-dealkylation sites (N-methyl/N-ethyl adjacent to an activating group) is 1. The zero-order chi connectivity index (χ0) is 18.9. The van der Waals surface area contributed by atoms with Gasteiger partial charge in [-0.1, -0.05) is 0 Å². The molecule has 0 spiro atoms. The zero-order valence-corrected chi connectivity index (χ0v) is 19.0. The number of carbonyl (C=O) groups excluding carboxylic acids is 1. The van der Waals surface area contributed by atoms with E-state index in [0.717, 1.165) is 37.8 Å². The average Bonchev–Trinajstić information content (AvgIpc) is 3.05. The summed E-state index contributed by atoms with van der Waals surface area (Å²) in [5.74, 6) is 0.860. The van der Waals surface area contributed by atoms with E-state index >= 15 is 0 Å². The second-order valence-corrected chi connectivity index (χ2v) is 6.37. The van der Waals surface area contributed by atoms with Gasteiger partial charge in [0, 0.05) is 53.1 Å². The highest BCUT2D eigenvalue weighted by Crippen LogP contribution is 2.16. The van der Waals surface area contributed by atoms with E-state index in [9.17, 15) is 4.79 Å². The molecule has 1 aliphatic heterocycles. The lowest BCUT2D eigenvalue weighted by molar-refractivity contribution is -0.120. The summed E-state index contributed by atoms with van der Waals surface area (Å²) in [6, 6.07) is 0. The summed E-state index contributed by atoms with van der Waals surface area (Å²) in [5, 5.41) is 7.44. The van der Waals surface area contributed by atoms with Crippen molar-refractivity contribution < 1.29 is 9.53 Å². The molecule has 0 aromatic carbocycles. The number of hydrogen-bond donors (Lipinski definition) is 1. The molecule has 1 aromatic heterocycles. The second-order valence-electron chi connectivity index (χ2n) is 6.37. The van der Waals surface area contributed by atoms with Crippen molar-refractivity contribution in [3.63, 3.8) is 0 Å². The first-order valence-corrected chi connectivity index (χ1v) is 9.05. The van der Waals surface area contributed by atoms with Gasteiger partial charge >= 0.3 is 0 Å². The lowest BCUT2D eigenvalue weighted by Crippen LogP contribution is -2.55. The molecule has 1 N–H and O–H groups in total. The van der Waals surface area contributed by atoms with Gasteiger partial charge in [-0.15, -0.1) is 24.0 Å². The minimum atomic E-state index is 0. The third-order valence-corrected chi connectivity index (χ3v) is 4.28. The van der Waals surface area contributed by atoms with Gasteiger partial charge in [0.05, 0.1) is 25.0 Å². The molecular formula is C17H32IN7O2. The van der Waals surface area contributed by atoms with Crippen molar-refractivity contribution in [2.45, 2.75) is 6.92 Å². The van der Waals surface area contributed by atoms with E-state index < -0.39 is 0 Å². The molecule has 0 aliphatic carbocycles. The lowest BCUT2D eigenvalue weighted by Gasteiger charge is -2.35. The van der Waals surface area contributed by atoms with Crippen LogP contribution in [0.25, 0.3) is 0 Å². The smallest absolute Gasteiger partial charge is 0.246 e. The van der Waals surface area contributed by atoms with Gasteiger partial charge in [-0.05, 0) is 14.0 Å². The molecule has 2 heterocycles. The van der Waals surface area contributed by atoms with Gasteiger partial charge in [0.2, 0.25) is 5.91 Å². The summed E-state index contributed by atoms with van der Waals surface area (Å²) < 4.78 is 6.80. The van der Waals surface area contributed by atoms with E-state index in [-0.39, 0.29) is 29.9 Å². The number of nitrogens with zero attached hydrogens (tertiary/aromatic N) is 6. The number of aliphatic imine (C=N–C) groups is 1. The molecule has 10 heteroatoms. The second kappa shape index (κ2) is 12.1. The molecule has 0 bridgehead atoms. The monoisotopic (exact) mass is 493 g/mol. The summed E-state index contributed by atoms with van der Waals surface area (Å²) in [7, 11) is 5.61. The summed E-state index contributed by atoms with van der Waals surface area (Å²) in [4.78, 5) is 23.2. The molecule has 1 amide bonds. The largest absolute Gasteiger partial charge is 0.383 e. The number of rotatable bonds is 8. The van der Waals surface area contributed by atoms with Crippen molar-refractivity contribution in [3.8, 4) is 0 Å². The van der Waals surface area contributed by atoms with Crippen molar-refractivity contribution >= 4 is 41.5 Å². The quantitative estimate of drug-likeness (QED) is 0.318. The van der Waals surface area contributed by atoms with Crippen LogP contribution in [0.3, 0.4) is 0 Å². The van der Waals surface area contributed by atoms with Crippen molar-refractivity contribution in [2.24, 2.45) is 12.0 Å². The van der Waals surface area contributed by atoms with Crippen LogP contribution in [0.4, 0.5) is 5.69 Å². The molecule has 0 atom stereocenters. The van der Waals surface area contributed by atoms with E-state index in [1.165, 1.54) is 0 Å². The highest BCUT2D eigenvalue weighted by molar-refractivity contribution is 14.0. The normalized spacial score (nSPS) is 15.3. The molecule has 1 saturated heterocycles. The Kier molecular flexibility index (Phi) is 10.6. The fourth-order valence-electron chi connectivity index (χ4n) is 2.79. The minimum Gasteiger partial charge on any atom is -0.383 e. The molecule has 154 valence electrons. The van der Waals surface area contributed by atoms with Crippen LogP contribution in [0.15, 0.2) is 17.4 Å². The number of amides is 1. The van der Waals surface area contributed by atoms with Crippen molar-refractivity contribution in [1.82, 2.24) is 24.9 Å². The van der Waals surface area contributed by atoms with E-state index in [1.807, 2.05) is 25.1 Å². The molecule has 1 aliphatic rings. The van der Waals surface area contributed by atoms with E-state index in [0.29, 0.717) is 26.2 Å². The Morgan fingerprint density at radius 1 is 1.41 bits per heavy atom. The van der Waals surface area contributed by atoms with Gasteiger partial charge in [-0.3, -0.25) is 14.5 Å². The molecule has 1 fully saturated rings. The summed E-state index contributed by atoms with van der Waals surface area (Å²) >= 11 is 0. The zero-order valence-electron chi connectivity index (χ0n) is 16.7. The molecule has 0 radical (unpaired) electrons. The van der Waals surface area contributed by atoms with Crippen LogP contribution in [0, 0.1) is 0 Å². The van der Waals surface area contributed by atoms with Crippen molar-refractivity contribution in [2.75, 3.05) is 71.5 Å². The first-order chi connectivity index (χ1) is 12.5. The SMILES string of the molecule is CCNC(=NCCN(C)CCOC)N1CCN(c2cnn(C)c2)C(=O)C1.I. The topological polar surface area (TPSA) is 78.2 Å². The first-order valence-electron chi connectivity index (χ1n) is 9.05. The van der Waals surface area contributed by atoms with Crippen LogP contribution in [0.5, 0.6) is 0 Å². The number of nitrogens with one attached hydrogen (secondary N) is 1. The molecule has 27 heavy (non-hydrogen) atoms. The number of methoxy groups -OCH3 is 1. The first kappa shape index (κ1) is 23.6. The van der Waals surface area contributed by atoms with Crippen LogP contribution in [0.1, 0.15) is 6.92 Å². The van der Waals surface area contributed by atoms with Gasteiger partial charge in [0.15, 0.2) is 5.96 Å². The Morgan fingerprint density at radius 2 is 2.19 bits per heavy atom. The maximum atomic E-state index is 12.6. The average molecular weight is 493 g/mol. The fourth-order valence-corrected chi connectivity index (χ4v) is 2.79. The Balaban J connectivity index is 0.00000364. The number of anilines is 1. The third kappa shape index (κ3) is 7.26. The Morgan fingerprint density at radius 3 is 2.78 bits per heavy atom. The van der Waals surface area contributed by atoms with Gasteiger partial charge in [0.1, 0.15) is 6.54 Å². The maximum absolute atomic E-state index is 12.6. The van der Waals surface area contributed by atoms with Gasteiger partial charge in [0.25, 0.3) is 0 Å². The highest BCUT2D eigenvalue weighted by atomic mass is 127. The number of halogens is 1. The van der Waals surface area contributed by atoms with Crippen molar-refractivity contribution in [1.29, 1.82) is 0 Å². The number of carbonyl (C=O) groups is 1. The Labute approximate surface area is 178 Å². The number of guanidine groups is 1. The van der Waals surface area contributed by atoms with Crippen LogP contribution in [0.2, 0.25) is 0 Å². The van der Waals surface area contributed by atoms with Gasteiger partial charge in [-0.25, -0.2) is 0 Å². The molecule has 0 saturated carbocycles. The molecular weight excluding hydrogens is 461 g/mol. The summed E-state index contributed by atoms with van der Waals surface area (Å²) in [5.41, 5.74) is 0.846. The lowest BCUT2D eigenvalue weighted by atomic mass is 10.3. The number of aromatic nitrogens is 2. The predicted molar refractivity (Wildman–Crippen MR) is 118 cm³/mol. The van der Waals surface area contributed by atoms with Crippen LogP contribution in [-0.2, 0) is 16.6 Å². The minimum absolute atomic E-state index is 0. The molecule has 9 nitrogen and oxygen atoms in total. The third-order valence-electron chi connectivity index (χ3n) is 4.28. The maximum Gasteiger partial charge on any atom is 0.246 e. The number of ether oxygens (including phenoxy) is 1. The van der Waals surface area contributed by atoms with E-state index in [2.05, 4.69) is 27.4 Å². The number of piperazine rings is 1. The summed E-state index contributed by atoms with van der Waals surface area (Å²) in [6.07, 6.45) is 3.59. The van der Waals surface area contributed by atoms with Crippen LogP contribution < -0.4 is 10.2 Å². The molecule has 0 unspecified atom stereocenters. The molecule has 2 rings (SSSR count). The van der Waals surface area contributed by atoms with Gasteiger partial charge < -0.3 is 24.8 Å². The highest BCUT2D eigenvalue weighted by Gasteiger charge is 2.27. The van der Waals surface area contributed by atoms with Crippen LogP contribution in [-0.4, -0.2) is 98.0 Å². The van der Waals surface area contributed by atoms with E-state index in [4.69, 9.17) is 4.74 Å². The van der Waals surface area contributed by atoms with E-state index in [1.54, 1.807) is 22.9 Å². The van der Waals surface area contributed by atoms with Gasteiger partial charge in [-0.2, -0.15) is 5.10 Å². The summed E-state index contributed by atoms with van der Waals surface area (Å²) in [6.45, 7) is 7.62. The Hall–Kier alpha value is -1.40. The standard InChI is InChI=1S/C17H31N7O2.HI/c1-5-18-17(19-6-7-21(2)10-11-26-4)23-8-9-24(16(25)14-23)15-12-20-22(3)13-15;/h12-13H,5-11,14H2,1-4H3,(H,18,19);1H. The fraction of sp³-hybridized carbons (Fsp3) is 0.706. The van der Waals surface area contributed by atoms with Crippen molar-refractivity contribution in [3.05, 3.63) is 12.4 Å². The predicted octanol–water partition coefficient (Wildman–Crippen LogP) is 0.230. The number of aryl methyl sites for hydroxylation is 1. The number of hydrogen-bond acceptors (Lipinski definition) is 5. The Bertz CT molecular complexity index is 608.